The summed E-state index contributed by atoms with van der Waals surface area (Å²) >= 11 is 6.57. The molecule has 0 aliphatic heterocycles. The number of pyridine rings is 1. The highest BCUT2D eigenvalue weighted by molar-refractivity contribution is 8.00. The number of rotatable bonds is 4. The summed E-state index contributed by atoms with van der Waals surface area (Å²) in [6.45, 7) is 2.92. The second-order valence-electron chi connectivity index (χ2n) is 5.36. The van der Waals surface area contributed by atoms with E-state index in [-0.39, 0.29) is 10.7 Å². The monoisotopic (exact) mass is 399 g/mol. The third kappa shape index (κ3) is 4.90. The number of carbonyl (C=O) groups excluding carboxylic acids is 1. The van der Waals surface area contributed by atoms with Crippen LogP contribution < -0.4 is 5.32 Å². The maximum absolute atomic E-state index is 13.1. The van der Waals surface area contributed by atoms with Gasteiger partial charge in [-0.25, -0.2) is 4.98 Å². The first-order valence-corrected chi connectivity index (χ1v) is 8.59. The van der Waals surface area contributed by atoms with Crippen molar-refractivity contribution < 1.29 is 18.0 Å². The molecule has 1 heterocycles. The molecule has 26 heavy (non-hydrogen) atoms. The van der Waals surface area contributed by atoms with Crippen molar-refractivity contribution in [2.45, 2.75) is 30.3 Å². The van der Waals surface area contributed by atoms with E-state index < -0.39 is 28.5 Å². The van der Waals surface area contributed by atoms with Gasteiger partial charge in [0.15, 0.2) is 0 Å². The van der Waals surface area contributed by atoms with Crippen LogP contribution >= 0.6 is 23.4 Å². The summed E-state index contributed by atoms with van der Waals surface area (Å²) in [5.41, 5.74) is -1.02. The molecule has 0 aliphatic carbocycles. The Labute approximate surface area is 157 Å². The van der Waals surface area contributed by atoms with Crippen LogP contribution in [0.4, 0.5) is 18.9 Å². The normalized spacial score (nSPS) is 12.3. The highest BCUT2D eigenvalue weighted by atomic mass is 35.5. The minimum absolute atomic E-state index is 0.115. The smallest absolute Gasteiger partial charge is 0.325 e. The van der Waals surface area contributed by atoms with Crippen LogP contribution in [0.5, 0.6) is 0 Å². The Hall–Kier alpha value is -2.24. The molecule has 0 aliphatic rings. The molecule has 0 spiro atoms. The number of halogens is 4. The second kappa shape index (κ2) is 7.98. The van der Waals surface area contributed by atoms with Gasteiger partial charge in [0.2, 0.25) is 5.91 Å². The molecule has 0 radical (unpaired) electrons. The molecule has 1 amide bonds. The van der Waals surface area contributed by atoms with Crippen LogP contribution in [0, 0.1) is 18.3 Å². The minimum Gasteiger partial charge on any atom is -0.325 e. The van der Waals surface area contributed by atoms with E-state index in [9.17, 15) is 18.0 Å². The Morgan fingerprint density at radius 2 is 1.96 bits per heavy atom. The average Bonchev–Trinajstić information content (AvgIpc) is 2.55. The zero-order chi connectivity index (χ0) is 19.5. The van der Waals surface area contributed by atoms with Gasteiger partial charge in [-0.3, -0.25) is 4.79 Å². The number of thioether (sulfide) groups is 1. The molecule has 0 fully saturated rings. The summed E-state index contributed by atoms with van der Waals surface area (Å²) in [6.07, 6.45) is -4.68. The number of hydrogen-bond acceptors (Lipinski definition) is 4. The summed E-state index contributed by atoms with van der Waals surface area (Å²) in [4.78, 5) is 16.3. The molecule has 9 heteroatoms. The molecule has 0 bridgehead atoms. The first-order valence-electron chi connectivity index (χ1n) is 7.34. The molecular formula is C17H13ClF3N3OS. The van der Waals surface area contributed by atoms with Gasteiger partial charge in [0.25, 0.3) is 0 Å². The van der Waals surface area contributed by atoms with E-state index in [4.69, 9.17) is 16.9 Å². The number of nitrogens with zero attached hydrogens (tertiary/aromatic N) is 2. The number of benzene rings is 1. The van der Waals surface area contributed by atoms with Crippen molar-refractivity contribution in [1.82, 2.24) is 4.98 Å². The van der Waals surface area contributed by atoms with Crippen LogP contribution in [0.15, 0.2) is 35.4 Å². The van der Waals surface area contributed by atoms with E-state index in [0.29, 0.717) is 10.7 Å². The first-order chi connectivity index (χ1) is 12.1. The van der Waals surface area contributed by atoms with Crippen LogP contribution in [0.25, 0.3) is 0 Å². The largest absolute Gasteiger partial charge is 0.417 e. The van der Waals surface area contributed by atoms with Gasteiger partial charge < -0.3 is 5.32 Å². The molecule has 0 saturated heterocycles. The lowest BCUT2D eigenvalue weighted by Gasteiger charge is -2.15. The highest BCUT2D eigenvalue weighted by Gasteiger charge is 2.36. The van der Waals surface area contributed by atoms with Gasteiger partial charge in [-0.05, 0) is 44.2 Å². The minimum atomic E-state index is -4.68. The molecular weight excluding hydrogens is 387 g/mol. The van der Waals surface area contributed by atoms with Crippen molar-refractivity contribution in [2.24, 2.45) is 0 Å². The summed E-state index contributed by atoms with van der Waals surface area (Å²) < 4.78 is 39.4. The van der Waals surface area contributed by atoms with Gasteiger partial charge in [0.1, 0.15) is 11.1 Å². The Balaban J connectivity index is 2.24. The molecule has 2 rings (SSSR count). The van der Waals surface area contributed by atoms with Crippen LogP contribution in [0.3, 0.4) is 0 Å². The van der Waals surface area contributed by atoms with Gasteiger partial charge in [0, 0.05) is 16.4 Å². The van der Waals surface area contributed by atoms with Gasteiger partial charge in [0.05, 0.1) is 16.4 Å². The van der Waals surface area contributed by atoms with E-state index in [1.807, 2.05) is 0 Å². The molecule has 136 valence electrons. The maximum atomic E-state index is 13.1. The lowest BCUT2D eigenvalue weighted by atomic mass is 10.1. The zero-order valence-corrected chi connectivity index (χ0v) is 15.3. The second-order valence-corrected chi connectivity index (χ2v) is 7.12. The molecule has 1 unspecified atom stereocenters. The number of anilines is 1. The predicted molar refractivity (Wildman–Crippen MR) is 94.1 cm³/mol. The molecule has 1 aromatic carbocycles. The number of hydrogen-bond donors (Lipinski definition) is 1. The summed E-state index contributed by atoms with van der Waals surface area (Å²) in [5, 5.41) is 11.4. The van der Waals surface area contributed by atoms with E-state index in [2.05, 4.69) is 10.3 Å². The Bertz CT molecular complexity index is 863. The fourth-order valence-corrected chi connectivity index (χ4v) is 3.16. The van der Waals surface area contributed by atoms with Crippen LogP contribution in [-0.4, -0.2) is 16.1 Å². The maximum Gasteiger partial charge on any atom is 0.417 e. The van der Waals surface area contributed by atoms with Crippen molar-refractivity contribution in [3.63, 3.8) is 0 Å². The third-order valence-electron chi connectivity index (χ3n) is 3.30. The molecule has 1 aromatic heterocycles. The lowest BCUT2D eigenvalue weighted by molar-refractivity contribution is -0.138. The SMILES string of the molecule is Cc1cc(C(F)(F)F)c(C#N)c(SC(C)C(=O)Nc2ccc(Cl)cc2)n1. The van der Waals surface area contributed by atoms with E-state index in [0.717, 1.165) is 17.8 Å². The quantitative estimate of drug-likeness (QED) is 0.730. The Morgan fingerprint density at radius 1 is 1.35 bits per heavy atom. The first kappa shape index (κ1) is 20.1. The summed E-state index contributed by atoms with van der Waals surface area (Å²) in [6, 6.07) is 8.77. The van der Waals surface area contributed by atoms with E-state index >= 15 is 0 Å². The highest BCUT2D eigenvalue weighted by Crippen LogP contribution is 2.37. The number of amides is 1. The molecule has 4 nitrogen and oxygen atoms in total. The fourth-order valence-electron chi connectivity index (χ4n) is 2.06. The molecule has 1 N–H and O–H groups in total. The standard InChI is InChI=1S/C17H13ClF3N3OS/c1-9-7-14(17(19,20)21)13(8-22)16(23-9)26-10(2)15(25)24-12-5-3-11(18)4-6-12/h3-7,10H,1-2H3,(H,24,25). The number of alkyl halides is 3. The van der Waals surface area contributed by atoms with E-state index in [1.54, 1.807) is 30.3 Å². The van der Waals surface area contributed by atoms with Crippen LogP contribution in [0.2, 0.25) is 5.02 Å². The van der Waals surface area contributed by atoms with Crippen molar-refractivity contribution in [1.29, 1.82) is 5.26 Å². The van der Waals surface area contributed by atoms with Gasteiger partial charge in [-0.2, -0.15) is 18.4 Å². The zero-order valence-electron chi connectivity index (χ0n) is 13.7. The number of aryl methyl sites for hydroxylation is 1. The molecule has 2 aromatic rings. The number of aromatic nitrogens is 1. The summed E-state index contributed by atoms with van der Waals surface area (Å²) in [7, 11) is 0. The number of carbonyl (C=O) groups is 1. The number of nitrogens with one attached hydrogen (secondary N) is 1. The summed E-state index contributed by atoms with van der Waals surface area (Å²) in [5.74, 6) is -0.432. The van der Waals surface area contributed by atoms with E-state index in [1.165, 1.54) is 13.8 Å². The topological polar surface area (TPSA) is 65.8 Å². The fraction of sp³-hybridized carbons (Fsp3) is 0.235. The number of nitriles is 1. The molecule has 1 atom stereocenters. The van der Waals surface area contributed by atoms with Crippen molar-refractivity contribution in [2.75, 3.05) is 5.32 Å². The predicted octanol–water partition coefficient (Wildman–Crippen LogP) is 5.05. The van der Waals surface area contributed by atoms with Crippen molar-refractivity contribution >= 4 is 35.0 Å². The van der Waals surface area contributed by atoms with Crippen LogP contribution in [0.1, 0.15) is 23.7 Å². The van der Waals surface area contributed by atoms with Crippen molar-refractivity contribution in [3.05, 3.63) is 52.2 Å². The van der Waals surface area contributed by atoms with Crippen LogP contribution in [-0.2, 0) is 11.0 Å². The average molecular weight is 400 g/mol. The lowest BCUT2D eigenvalue weighted by Crippen LogP contribution is -2.23. The Morgan fingerprint density at radius 3 is 2.50 bits per heavy atom. The van der Waals surface area contributed by atoms with Gasteiger partial charge in [-0.15, -0.1) is 0 Å². The third-order valence-corrected chi connectivity index (χ3v) is 4.64. The van der Waals surface area contributed by atoms with Gasteiger partial charge >= 0.3 is 6.18 Å². The molecule has 0 saturated carbocycles. The van der Waals surface area contributed by atoms with Crippen molar-refractivity contribution in [3.8, 4) is 6.07 Å². The van der Waals surface area contributed by atoms with Gasteiger partial charge in [-0.1, -0.05) is 23.4 Å². The Kier molecular flexibility index (Phi) is 6.16.